The Bertz CT molecular complexity index is 312. The van der Waals surface area contributed by atoms with Crippen LogP contribution in [0, 0.1) is 0 Å². The molecule has 0 saturated heterocycles. The lowest BCUT2D eigenvalue weighted by Gasteiger charge is -2.14. The first kappa shape index (κ1) is 12.2. The van der Waals surface area contributed by atoms with Gasteiger partial charge in [-0.1, -0.05) is 19.1 Å². The third-order valence-corrected chi connectivity index (χ3v) is 2.68. The van der Waals surface area contributed by atoms with Crippen LogP contribution in [-0.2, 0) is 0 Å². The van der Waals surface area contributed by atoms with E-state index in [0.717, 1.165) is 17.7 Å². The number of para-hydroxylation sites is 1. The monoisotopic (exact) mass is 226 g/mol. The predicted octanol–water partition coefficient (Wildman–Crippen LogP) is 3.21. The Kier molecular flexibility index (Phi) is 4.82. The highest BCUT2D eigenvalue weighted by Crippen LogP contribution is 2.35. The summed E-state index contributed by atoms with van der Waals surface area (Å²) in [5, 5.41) is 9.97. The van der Waals surface area contributed by atoms with Gasteiger partial charge in [0.05, 0.1) is 6.61 Å². The van der Waals surface area contributed by atoms with E-state index in [2.05, 4.69) is 19.6 Å². The van der Waals surface area contributed by atoms with Crippen molar-refractivity contribution in [3.05, 3.63) is 23.8 Å². The number of hydrogen-bond acceptors (Lipinski definition) is 3. The van der Waals surface area contributed by atoms with E-state index in [-0.39, 0.29) is 5.75 Å². The van der Waals surface area contributed by atoms with Gasteiger partial charge < -0.3 is 9.84 Å². The summed E-state index contributed by atoms with van der Waals surface area (Å²) >= 11 is 4.20. The lowest BCUT2D eigenvalue weighted by atomic mass is 9.97. The number of phenolic OH excluding ortho intramolecular Hbond substituents is 1. The number of phenols is 1. The largest absolute Gasteiger partial charge is 0.504 e. The Morgan fingerprint density at radius 1 is 1.47 bits per heavy atom. The molecular formula is C12H18O2S. The number of rotatable bonds is 5. The first-order valence-corrected chi connectivity index (χ1v) is 5.89. The summed E-state index contributed by atoms with van der Waals surface area (Å²) in [5.74, 6) is 1.97. The van der Waals surface area contributed by atoms with Crippen molar-refractivity contribution in [3.63, 3.8) is 0 Å². The zero-order valence-corrected chi connectivity index (χ0v) is 10.1. The third kappa shape index (κ3) is 3.06. The standard InChI is InChI=1S/C12H18O2S/c1-3-14-11-6-4-5-10(12(11)13)9(2)7-8-15/h4-6,9,13,15H,3,7-8H2,1-2H3. The molecule has 0 aliphatic carbocycles. The lowest BCUT2D eigenvalue weighted by Crippen LogP contribution is -1.98. The van der Waals surface area contributed by atoms with Gasteiger partial charge in [0.15, 0.2) is 11.5 Å². The van der Waals surface area contributed by atoms with Crippen molar-refractivity contribution in [1.82, 2.24) is 0 Å². The molecule has 1 rings (SSSR count). The SMILES string of the molecule is CCOc1cccc(C(C)CCS)c1O. The maximum Gasteiger partial charge on any atom is 0.161 e. The molecule has 0 bridgehead atoms. The average molecular weight is 226 g/mol. The molecule has 0 aliphatic rings. The Morgan fingerprint density at radius 2 is 2.20 bits per heavy atom. The first-order valence-electron chi connectivity index (χ1n) is 5.26. The van der Waals surface area contributed by atoms with Gasteiger partial charge in [0.2, 0.25) is 0 Å². The number of aromatic hydroxyl groups is 1. The van der Waals surface area contributed by atoms with E-state index < -0.39 is 0 Å². The van der Waals surface area contributed by atoms with Crippen molar-refractivity contribution in [2.24, 2.45) is 0 Å². The highest BCUT2D eigenvalue weighted by molar-refractivity contribution is 7.80. The van der Waals surface area contributed by atoms with E-state index in [9.17, 15) is 5.11 Å². The third-order valence-electron chi connectivity index (χ3n) is 2.42. The molecule has 0 fully saturated rings. The van der Waals surface area contributed by atoms with Gasteiger partial charge in [-0.3, -0.25) is 0 Å². The summed E-state index contributed by atoms with van der Waals surface area (Å²) in [5.41, 5.74) is 0.940. The van der Waals surface area contributed by atoms with Gasteiger partial charge in [-0.05, 0) is 31.1 Å². The molecule has 2 nitrogen and oxygen atoms in total. The second-order valence-electron chi connectivity index (χ2n) is 3.54. The van der Waals surface area contributed by atoms with Crippen LogP contribution in [0.15, 0.2) is 18.2 Å². The van der Waals surface area contributed by atoms with Crippen molar-refractivity contribution in [2.75, 3.05) is 12.4 Å². The molecule has 1 aromatic carbocycles. The van der Waals surface area contributed by atoms with Crippen LogP contribution in [0.3, 0.4) is 0 Å². The molecule has 1 unspecified atom stereocenters. The van der Waals surface area contributed by atoms with Gasteiger partial charge >= 0.3 is 0 Å². The highest BCUT2D eigenvalue weighted by atomic mass is 32.1. The number of benzene rings is 1. The minimum absolute atomic E-state index is 0.272. The normalized spacial score (nSPS) is 12.5. The molecule has 84 valence electrons. The molecule has 0 amide bonds. The molecule has 15 heavy (non-hydrogen) atoms. The molecule has 1 aromatic rings. The molecular weight excluding hydrogens is 208 g/mol. The fourth-order valence-electron chi connectivity index (χ4n) is 1.56. The molecule has 0 radical (unpaired) electrons. The summed E-state index contributed by atoms with van der Waals surface area (Å²) in [6, 6.07) is 5.64. The van der Waals surface area contributed by atoms with Crippen molar-refractivity contribution in [1.29, 1.82) is 0 Å². The lowest BCUT2D eigenvalue weighted by molar-refractivity contribution is 0.316. The molecule has 1 atom stereocenters. The fourth-order valence-corrected chi connectivity index (χ4v) is 1.95. The van der Waals surface area contributed by atoms with Gasteiger partial charge in [-0.15, -0.1) is 0 Å². The van der Waals surface area contributed by atoms with Crippen LogP contribution in [0.4, 0.5) is 0 Å². The highest BCUT2D eigenvalue weighted by Gasteiger charge is 2.13. The molecule has 0 aromatic heterocycles. The Morgan fingerprint density at radius 3 is 2.80 bits per heavy atom. The number of ether oxygens (including phenoxy) is 1. The van der Waals surface area contributed by atoms with E-state index in [4.69, 9.17) is 4.74 Å². The smallest absolute Gasteiger partial charge is 0.161 e. The van der Waals surface area contributed by atoms with Gasteiger partial charge in [0.25, 0.3) is 0 Å². The summed E-state index contributed by atoms with van der Waals surface area (Å²) < 4.78 is 5.34. The zero-order chi connectivity index (χ0) is 11.3. The van der Waals surface area contributed by atoms with Crippen LogP contribution in [-0.4, -0.2) is 17.5 Å². The van der Waals surface area contributed by atoms with E-state index in [1.54, 1.807) is 6.07 Å². The summed E-state index contributed by atoms with van der Waals surface area (Å²) in [7, 11) is 0. The molecule has 0 saturated carbocycles. The van der Waals surface area contributed by atoms with Crippen molar-refractivity contribution >= 4 is 12.6 Å². The number of thiol groups is 1. The topological polar surface area (TPSA) is 29.5 Å². The maximum absolute atomic E-state index is 9.97. The first-order chi connectivity index (χ1) is 7.20. The van der Waals surface area contributed by atoms with Gasteiger partial charge in [0.1, 0.15) is 0 Å². The Balaban J connectivity index is 2.92. The van der Waals surface area contributed by atoms with Crippen LogP contribution < -0.4 is 4.74 Å². The number of hydrogen-bond donors (Lipinski definition) is 2. The Labute approximate surface area is 96.7 Å². The summed E-state index contributed by atoms with van der Waals surface area (Å²) in [6.07, 6.45) is 0.951. The minimum Gasteiger partial charge on any atom is -0.504 e. The fraction of sp³-hybridized carbons (Fsp3) is 0.500. The van der Waals surface area contributed by atoms with Crippen LogP contribution >= 0.6 is 12.6 Å². The summed E-state index contributed by atoms with van der Waals surface area (Å²) in [6.45, 7) is 4.56. The van der Waals surface area contributed by atoms with E-state index >= 15 is 0 Å². The molecule has 0 spiro atoms. The molecule has 1 N–H and O–H groups in total. The summed E-state index contributed by atoms with van der Waals surface area (Å²) in [4.78, 5) is 0. The van der Waals surface area contributed by atoms with E-state index in [1.807, 2.05) is 19.1 Å². The molecule has 0 aliphatic heterocycles. The van der Waals surface area contributed by atoms with Crippen molar-refractivity contribution < 1.29 is 9.84 Å². The van der Waals surface area contributed by atoms with Crippen molar-refractivity contribution in [2.45, 2.75) is 26.2 Å². The minimum atomic E-state index is 0.272. The maximum atomic E-state index is 9.97. The zero-order valence-electron chi connectivity index (χ0n) is 9.23. The predicted molar refractivity (Wildman–Crippen MR) is 66.2 cm³/mol. The quantitative estimate of drug-likeness (QED) is 0.755. The Hall–Kier alpha value is -0.830. The van der Waals surface area contributed by atoms with Gasteiger partial charge in [0, 0.05) is 5.56 Å². The average Bonchev–Trinajstić information content (AvgIpc) is 2.22. The molecule has 3 heteroatoms. The van der Waals surface area contributed by atoms with Crippen LogP contribution in [0.5, 0.6) is 11.5 Å². The van der Waals surface area contributed by atoms with Crippen LogP contribution in [0.1, 0.15) is 31.7 Å². The van der Waals surface area contributed by atoms with E-state index in [0.29, 0.717) is 18.3 Å². The van der Waals surface area contributed by atoms with E-state index in [1.165, 1.54) is 0 Å². The molecule has 0 heterocycles. The van der Waals surface area contributed by atoms with Crippen molar-refractivity contribution in [3.8, 4) is 11.5 Å². The second-order valence-corrected chi connectivity index (χ2v) is 3.99. The second kappa shape index (κ2) is 5.91. The van der Waals surface area contributed by atoms with Gasteiger partial charge in [-0.25, -0.2) is 0 Å². The van der Waals surface area contributed by atoms with Crippen LogP contribution in [0.2, 0.25) is 0 Å². The van der Waals surface area contributed by atoms with Gasteiger partial charge in [-0.2, -0.15) is 12.6 Å². The van der Waals surface area contributed by atoms with Crippen LogP contribution in [0.25, 0.3) is 0 Å².